The van der Waals surface area contributed by atoms with E-state index in [9.17, 15) is 4.79 Å². The zero-order chi connectivity index (χ0) is 20.8. The van der Waals surface area contributed by atoms with Gasteiger partial charge in [-0.25, -0.2) is 4.98 Å². The maximum atomic E-state index is 12.6. The highest BCUT2D eigenvalue weighted by molar-refractivity contribution is 7.13. The summed E-state index contributed by atoms with van der Waals surface area (Å²) in [7, 11) is 5.05. The van der Waals surface area contributed by atoms with Gasteiger partial charge in [-0.15, -0.1) is 11.3 Å². The molecule has 0 saturated heterocycles. The molecule has 0 N–H and O–H groups in total. The first-order valence-corrected chi connectivity index (χ1v) is 10.4. The standard InChI is InChI=1S/C23H26N2O3S/c1-5-16-6-8-17(9-7-16)14-25(2)22(26)13-19-15-29-23(24-19)18-10-11-20(27-3)21(12-18)28-4/h6-12,15H,5,13-14H2,1-4H3. The van der Waals surface area contributed by atoms with E-state index in [2.05, 4.69) is 36.2 Å². The van der Waals surface area contributed by atoms with Crippen LogP contribution in [0.3, 0.4) is 0 Å². The molecule has 0 fully saturated rings. The monoisotopic (exact) mass is 410 g/mol. The molecule has 5 nitrogen and oxygen atoms in total. The smallest absolute Gasteiger partial charge is 0.228 e. The molecule has 0 atom stereocenters. The number of carbonyl (C=O) groups excluding carboxylic acids is 1. The van der Waals surface area contributed by atoms with Gasteiger partial charge >= 0.3 is 0 Å². The lowest BCUT2D eigenvalue weighted by Crippen LogP contribution is -2.27. The summed E-state index contributed by atoms with van der Waals surface area (Å²) in [4.78, 5) is 19.0. The van der Waals surface area contributed by atoms with Crippen molar-refractivity contribution in [2.24, 2.45) is 0 Å². The number of carbonyl (C=O) groups is 1. The van der Waals surface area contributed by atoms with Crippen molar-refractivity contribution in [3.63, 3.8) is 0 Å². The van der Waals surface area contributed by atoms with Crippen molar-refractivity contribution in [3.05, 3.63) is 64.7 Å². The Morgan fingerprint density at radius 2 is 1.72 bits per heavy atom. The number of ether oxygens (including phenoxy) is 2. The molecule has 0 saturated carbocycles. The zero-order valence-corrected chi connectivity index (χ0v) is 18.1. The van der Waals surface area contributed by atoms with Crippen LogP contribution < -0.4 is 9.47 Å². The van der Waals surface area contributed by atoms with Gasteiger partial charge in [0.2, 0.25) is 5.91 Å². The average molecular weight is 411 g/mol. The summed E-state index contributed by atoms with van der Waals surface area (Å²) in [6.45, 7) is 2.73. The molecule has 0 radical (unpaired) electrons. The highest BCUT2D eigenvalue weighted by atomic mass is 32.1. The minimum absolute atomic E-state index is 0.0497. The number of methoxy groups -OCH3 is 2. The van der Waals surface area contributed by atoms with E-state index >= 15 is 0 Å². The van der Waals surface area contributed by atoms with E-state index in [0.29, 0.717) is 18.0 Å². The fourth-order valence-electron chi connectivity index (χ4n) is 3.02. The predicted octanol–water partition coefficient (Wildman–Crippen LogP) is 4.59. The van der Waals surface area contributed by atoms with Gasteiger partial charge in [0, 0.05) is 24.5 Å². The van der Waals surface area contributed by atoms with Crippen molar-refractivity contribution in [2.45, 2.75) is 26.3 Å². The molecule has 0 aliphatic rings. The average Bonchev–Trinajstić information content (AvgIpc) is 3.22. The minimum atomic E-state index is 0.0497. The van der Waals surface area contributed by atoms with E-state index in [1.165, 1.54) is 16.9 Å². The summed E-state index contributed by atoms with van der Waals surface area (Å²) in [6, 6.07) is 14.1. The van der Waals surface area contributed by atoms with Crippen molar-refractivity contribution in [1.29, 1.82) is 0 Å². The number of likely N-dealkylation sites (N-methyl/N-ethyl adjacent to an activating group) is 1. The Kier molecular flexibility index (Phi) is 6.88. The van der Waals surface area contributed by atoms with Crippen LogP contribution in [0.5, 0.6) is 11.5 Å². The molecule has 0 spiro atoms. The Morgan fingerprint density at radius 3 is 2.38 bits per heavy atom. The molecule has 0 unspecified atom stereocenters. The van der Waals surface area contributed by atoms with Crippen LogP contribution in [-0.4, -0.2) is 37.1 Å². The van der Waals surface area contributed by atoms with E-state index < -0.39 is 0 Å². The van der Waals surface area contributed by atoms with Crippen molar-refractivity contribution in [2.75, 3.05) is 21.3 Å². The number of aromatic nitrogens is 1. The number of amides is 1. The summed E-state index contributed by atoms with van der Waals surface area (Å²) in [5.74, 6) is 1.39. The van der Waals surface area contributed by atoms with E-state index in [4.69, 9.17) is 9.47 Å². The quantitative estimate of drug-likeness (QED) is 0.545. The maximum absolute atomic E-state index is 12.6. The lowest BCUT2D eigenvalue weighted by atomic mass is 10.1. The van der Waals surface area contributed by atoms with E-state index in [1.54, 1.807) is 19.1 Å². The van der Waals surface area contributed by atoms with Gasteiger partial charge in [0.1, 0.15) is 5.01 Å². The van der Waals surface area contributed by atoms with Gasteiger partial charge in [0.25, 0.3) is 0 Å². The van der Waals surface area contributed by atoms with Crippen LogP contribution in [0.4, 0.5) is 0 Å². The second-order valence-corrected chi connectivity index (χ2v) is 7.67. The number of aryl methyl sites for hydroxylation is 1. The maximum Gasteiger partial charge on any atom is 0.228 e. The molecule has 3 rings (SSSR count). The largest absolute Gasteiger partial charge is 0.493 e. The highest BCUT2D eigenvalue weighted by Crippen LogP contribution is 2.33. The molecule has 0 bridgehead atoms. The SMILES string of the molecule is CCc1ccc(CN(C)C(=O)Cc2csc(-c3ccc(OC)c(OC)c3)n2)cc1. The van der Waals surface area contributed by atoms with Crippen molar-refractivity contribution in [3.8, 4) is 22.1 Å². The molecular weight excluding hydrogens is 384 g/mol. The van der Waals surface area contributed by atoms with Gasteiger partial charge in [-0.2, -0.15) is 0 Å². The van der Waals surface area contributed by atoms with Gasteiger partial charge in [-0.05, 0) is 35.7 Å². The molecule has 152 valence electrons. The highest BCUT2D eigenvalue weighted by Gasteiger charge is 2.14. The van der Waals surface area contributed by atoms with Crippen LogP contribution in [0.2, 0.25) is 0 Å². The Morgan fingerprint density at radius 1 is 1.03 bits per heavy atom. The molecule has 2 aromatic carbocycles. The molecular formula is C23H26N2O3S. The number of thiazole rings is 1. The minimum Gasteiger partial charge on any atom is -0.493 e. The summed E-state index contributed by atoms with van der Waals surface area (Å²) in [6.07, 6.45) is 1.30. The first kappa shape index (κ1) is 20.9. The second-order valence-electron chi connectivity index (χ2n) is 6.81. The van der Waals surface area contributed by atoms with Crippen LogP contribution >= 0.6 is 11.3 Å². The Balaban J connectivity index is 1.65. The van der Waals surface area contributed by atoms with Gasteiger partial charge in [0.15, 0.2) is 11.5 Å². The molecule has 0 aliphatic carbocycles. The first-order chi connectivity index (χ1) is 14.0. The summed E-state index contributed by atoms with van der Waals surface area (Å²) < 4.78 is 10.6. The molecule has 1 amide bonds. The fraction of sp³-hybridized carbons (Fsp3) is 0.304. The Bertz CT molecular complexity index is 967. The Hall–Kier alpha value is -2.86. The van der Waals surface area contributed by atoms with Crippen LogP contribution in [0.1, 0.15) is 23.7 Å². The van der Waals surface area contributed by atoms with Gasteiger partial charge in [0.05, 0.1) is 26.3 Å². The number of hydrogen-bond donors (Lipinski definition) is 0. The summed E-state index contributed by atoms with van der Waals surface area (Å²) >= 11 is 1.52. The van der Waals surface area contributed by atoms with E-state index in [-0.39, 0.29) is 12.3 Å². The first-order valence-electron chi connectivity index (χ1n) is 9.52. The third kappa shape index (κ3) is 5.15. The number of hydrogen-bond acceptors (Lipinski definition) is 5. The fourth-order valence-corrected chi connectivity index (χ4v) is 3.84. The van der Waals surface area contributed by atoms with E-state index in [1.807, 2.05) is 30.6 Å². The van der Waals surface area contributed by atoms with Crippen molar-refractivity contribution < 1.29 is 14.3 Å². The van der Waals surface area contributed by atoms with Crippen molar-refractivity contribution >= 4 is 17.2 Å². The topological polar surface area (TPSA) is 51.7 Å². The van der Waals surface area contributed by atoms with Gasteiger partial charge in [-0.1, -0.05) is 31.2 Å². The number of nitrogens with zero attached hydrogens (tertiary/aromatic N) is 2. The zero-order valence-electron chi connectivity index (χ0n) is 17.3. The van der Waals surface area contributed by atoms with Gasteiger partial charge < -0.3 is 14.4 Å². The van der Waals surface area contributed by atoms with Crippen molar-refractivity contribution in [1.82, 2.24) is 9.88 Å². The summed E-state index contributed by atoms with van der Waals surface area (Å²) in [5, 5.41) is 2.79. The van der Waals surface area contributed by atoms with Gasteiger partial charge in [-0.3, -0.25) is 4.79 Å². The number of rotatable bonds is 8. The van der Waals surface area contributed by atoms with Crippen LogP contribution in [-0.2, 0) is 24.2 Å². The predicted molar refractivity (Wildman–Crippen MR) is 117 cm³/mol. The second kappa shape index (κ2) is 9.56. The van der Waals surface area contributed by atoms with Crippen LogP contribution in [0.25, 0.3) is 10.6 Å². The normalized spacial score (nSPS) is 10.6. The third-order valence-corrected chi connectivity index (χ3v) is 5.73. The molecule has 1 heterocycles. The molecule has 6 heteroatoms. The van der Waals surface area contributed by atoms with E-state index in [0.717, 1.165) is 28.2 Å². The lowest BCUT2D eigenvalue weighted by molar-refractivity contribution is -0.129. The van der Waals surface area contributed by atoms with Crippen LogP contribution in [0, 0.1) is 0 Å². The van der Waals surface area contributed by atoms with Crippen LogP contribution in [0.15, 0.2) is 47.8 Å². The molecule has 1 aromatic heterocycles. The molecule has 29 heavy (non-hydrogen) atoms. The summed E-state index contributed by atoms with van der Waals surface area (Å²) in [5.41, 5.74) is 4.14. The third-order valence-electron chi connectivity index (χ3n) is 4.79. The molecule has 0 aliphatic heterocycles. The Labute approximate surface area is 175 Å². The number of benzene rings is 2. The lowest BCUT2D eigenvalue weighted by Gasteiger charge is -2.17. The molecule has 3 aromatic rings.